The molecule has 0 spiro atoms. The maximum atomic E-state index is 13.1. The summed E-state index contributed by atoms with van der Waals surface area (Å²) < 4.78 is 57.1. The first-order valence-corrected chi connectivity index (χ1v) is 11.8. The van der Waals surface area contributed by atoms with Crippen molar-refractivity contribution in [2.24, 2.45) is 0 Å². The molecule has 0 bridgehead atoms. The second-order valence-electron chi connectivity index (χ2n) is 7.15. The molecular formula is C24H25FN2O6S. The minimum atomic E-state index is -3.91. The molecule has 8 nitrogen and oxygen atoms in total. The standard InChI is InChI=1S/C24H25FN2O6S/c1-4-22(33-18-9-5-16(25)6-10-18)24(28)26-17-7-12-20(13-8-17)34(29,30)27-21-14-11-19(31-2)15-23(21)32-3/h5-15,22,27H,4H2,1-3H3,(H,26,28). The normalized spacial score (nSPS) is 11.9. The van der Waals surface area contributed by atoms with E-state index in [1.54, 1.807) is 19.1 Å². The Kier molecular flexibility index (Phi) is 7.95. The number of ether oxygens (including phenoxy) is 3. The van der Waals surface area contributed by atoms with Crippen LogP contribution in [0.4, 0.5) is 15.8 Å². The lowest BCUT2D eigenvalue weighted by Crippen LogP contribution is -2.32. The summed E-state index contributed by atoms with van der Waals surface area (Å²) in [4.78, 5) is 12.6. The number of amides is 1. The molecule has 0 aromatic heterocycles. The van der Waals surface area contributed by atoms with E-state index in [-0.39, 0.29) is 10.6 Å². The van der Waals surface area contributed by atoms with Crippen molar-refractivity contribution in [3.63, 3.8) is 0 Å². The van der Waals surface area contributed by atoms with Gasteiger partial charge in [0.05, 0.1) is 24.8 Å². The number of rotatable bonds is 10. The van der Waals surface area contributed by atoms with Crippen LogP contribution in [0.2, 0.25) is 0 Å². The maximum Gasteiger partial charge on any atom is 0.265 e. The first-order valence-electron chi connectivity index (χ1n) is 10.3. The van der Waals surface area contributed by atoms with Crippen LogP contribution in [0.25, 0.3) is 0 Å². The van der Waals surface area contributed by atoms with Gasteiger partial charge >= 0.3 is 0 Å². The Labute approximate surface area is 197 Å². The van der Waals surface area contributed by atoms with Gasteiger partial charge in [-0.2, -0.15) is 0 Å². The Hall–Kier alpha value is -3.79. The molecule has 2 N–H and O–H groups in total. The van der Waals surface area contributed by atoms with Gasteiger partial charge in [-0.3, -0.25) is 9.52 Å². The minimum absolute atomic E-state index is 0.00188. The molecule has 180 valence electrons. The third-order valence-corrected chi connectivity index (χ3v) is 6.22. The maximum absolute atomic E-state index is 13.1. The van der Waals surface area contributed by atoms with E-state index in [1.165, 1.54) is 68.8 Å². The largest absolute Gasteiger partial charge is 0.497 e. The van der Waals surface area contributed by atoms with Crippen molar-refractivity contribution in [1.82, 2.24) is 0 Å². The van der Waals surface area contributed by atoms with Crippen LogP contribution in [0.5, 0.6) is 17.2 Å². The van der Waals surface area contributed by atoms with Crippen LogP contribution >= 0.6 is 0 Å². The molecule has 0 saturated heterocycles. The Morgan fingerprint density at radius 3 is 2.18 bits per heavy atom. The molecule has 0 heterocycles. The summed E-state index contributed by atoms with van der Waals surface area (Å²) in [5.74, 6) is 0.375. The predicted molar refractivity (Wildman–Crippen MR) is 127 cm³/mol. The molecule has 0 fully saturated rings. The molecule has 0 aliphatic heterocycles. The third kappa shape index (κ3) is 6.16. The molecular weight excluding hydrogens is 463 g/mol. The van der Waals surface area contributed by atoms with Crippen LogP contribution < -0.4 is 24.2 Å². The number of sulfonamides is 1. The number of anilines is 2. The van der Waals surface area contributed by atoms with Crippen LogP contribution in [0.3, 0.4) is 0 Å². The monoisotopic (exact) mass is 488 g/mol. The topological polar surface area (TPSA) is 103 Å². The highest BCUT2D eigenvalue weighted by molar-refractivity contribution is 7.92. The summed E-state index contributed by atoms with van der Waals surface area (Å²) in [5.41, 5.74) is 0.650. The Balaban J connectivity index is 1.68. The highest BCUT2D eigenvalue weighted by Gasteiger charge is 2.20. The highest BCUT2D eigenvalue weighted by atomic mass is 32.2. The number of halogens is 1. The average molecular weight is 489 g/mol. The molecule has 0 radical (unpaired) electrons. The number of methoxy groups -OCH3 is 2. The van der Waals surface area contributed by atoms with E-state index in [1.807, 2.05) is 0 Å². The van der Waals surface area contributed by atoms with Crippen molar-refractivity contribution in [3.8, 4) is 17.2 Å². The van der Waals surface area contributed by atoms with Gasteiger partial charge in [0.2, 0.25) is 0 Å². The third-order valence-electron chi connectivity index (χ3n) is 4.84. The molecule has 10 heteroatoms. The Morgan fingerprint density at radius 1 is 0.941 bits per heavy atom. The number of carbonyl (C=O) groups is 1. The van der Waals surface area contributed by atoms with Crippen LogP contribution in [0.15, 0.2) is 71.6 Å². The summed E-state index contributed by atoms with van der Waals surface area (Å²) in [6.07, 6.45) is -0.429. The van der Waals surface area contributed by atoms with Crippen LogP contribution in [0, 0.1) is 5.82 Å². The Bertz CT molecular complexity index is 1230. The number of hydrogen-bond donors (Lipinski definition) is 2. The van der Waals surface area contributed by atoms with Crippen molar-refractivity contribution in [3.05, 3.63) is 72.5 Å². The fourth-order valence-electron chi connectivity index (χ4n) is 3.03. The second-order valence-corrected chi connectivity index (χ2v) is 8.84. The van der Waals surface area contributed by atoms with Gasteiger partial charge in [-0.1, -0.05) is 6.92 Å². The van der Waals surface area contributed by atoms with Crippen molar-refractivity contribution in [2.45, 2.75) is 24.3 Å². The molecule has 1 unspecified atom stereocenters. The zero-order valence-corrected chi connectivity index (χ0v) is 19.7. The summed E-state index contributed by atoms with van der Waals surface area (Å²) in [6, 6.07) is 15.8. The van der Waals surface area contributed by atoms with Gasteiger partial charge in [0.15, 0.2) is 6.10 Å². The molecule has 34 heavy (non-hydrogen) atoms. The molecule has 0 aliphatic rings. The van der Waals surface area contributed by atoms with Crippen molar-refractivity contribution < 1.29 is 31.8 Å². The van der Waals surface area contributed by atoms with Crippen molar-refractivity contribution in [2.75, 3.05) is 24.3 Å². The van der Waals surface area contributed by atoms with E-state index in [0.717, 1.165) is 0 Å². The minimum Gasteiger partial charge on any atom is -0.497 e. The van der Waals surface area contributed by atoms with E-state index in [9.17, 15) is 17.6 Å². The quantitative estimate of drug-likeness (QED) is 0.437. The highest BCUT2D eigenvalue weighted by Crippen LogP contribution is 2.31. The zero-order valence-electron chi connectivity index (χ0n) is 18.9. The van der Waals surface area contributed by atoms with Crippen LogP contribution in [0.1, 0.15) is 13.3 Å². The summed E-state index contributed by atoms with van der Waals surface area (Å²) in [7, 11) is -0.994. The number of hydrogen-bond acceptors (Lipinski definition) is 6. The predicted octanol–water partition coefficient (Wildman–Crippen LogP) is 4.44. The Morgan fingerprint density at radius 2 is 1.59 bits per heavy atom. The first-order chi connectivity index (χ1) is 16.2. The van der Waals surface area contributed by atoms with Gasteiger partial charge in [-0.25, -0.2) is 12.8 Å². The SMILES string of the molecule is CCC(Oc1ccc(F)cc1)C(=O)Nc1ccc(S(=O)(=O)Nc2ccc(OC)cc2OC)cc1. The lowest BCUT2D eigenvalue weighted by atomic mass is 10.2. The summed E-state index contributed by atoms with van der Waals surface area (Å²) in [6.45, 7) is 1.78. The van der Waals surface area contributed by atoms with Gasteiger partial charge in [-0.05, 0) is 67.1 Å². The zero-order chi connectivity index (χ0) is 24.7. The second kappa shape index (κ2) is 10.9. The fraction of sp³-hybridized carbons (Fsp3) is 0.208. The van der Waals surface area contributed by atoms with Crippen molar-refractivity contribution in [1.29, 1.82) is 0 Å². The molecule has 0 aliphatic carbocycles. The van der Waals surface area contributed by atoms with Gasteiger partial charge in [-0.15, -0.1) is 0 Å². The van der Waals surface area contributed by atoms with Crippen LogP contribution in [-0.2, 0) is 14.8 Å². The van der Waals surface area contributed by atoms with E-state index < -0.39 is 27.9 Å². The smallest absolute Gasteiger partial charge is 0.265 e. The fourth-order valence-corrected chi connectivity index (χ4v) is 4.10. The number of benzene rings is 3. The lowest BCUT2D eigenvalue weighted by Gasteiger charge is -2.17. The van der Waals surface area contributed by atoms with Crippen molar-refractivity contribution >= 4 is 27.3 Å². The molecule has 1 amide bonds. The number of nitrogens with one attached hydrogen (secondary N) is 2. The van der Waals surface area contributed by atoms with Crippen LogP contribution in [-0.4, -0.2) is 34.6 Å². The average Bonchev–Trinajstić information content (AvgIpc) is 2.84. The molecule has 1 atom stereocenters. The first kappa shape index (κ1) is 24.8. The van der Waals surface area contributed by atoms with Gasteiger partial charge < -0.3 is 19.5 Å². The lowest BCUT2D eigenvalue weighted by molar-refractivity contribution is -0.122. The molecule has 0 saturated carbocycles. The molecule has 3 rings (SSSR count). The van der Waals surface area contributed by atoms with Gasteiger partial charge in [0.1, 0.15) is 23.1 Å². The van der Waals surface area contributed by atoms with E-state index in [2.05, 4.69) is 10.0 Å². The van der Waals surface area contributed by atoms with E-state index in [4.69, 9.17) is 14.2 Å². The molecule has 3 aromatic carbocycles. The molecule has 3 aromatic rings. The number of carbonyl (C=O) groups excluding carboxylic acids is 1. The van der Waals surface area contributed by atoms with E-state index in [0.29, 0.717) is 29.4 Å². The van der Waals surface area contributed by atoms with Gasteiger partial charge in [0.25, 0.3) is 15.9 Å². The van der Waals surface area contributed by atoms with E-state index >= 15 is 0 Å². The summed E-state index contributed by atoms with van der Waals surface area (Å²) >= 11 is 0. The van der Waals surface area contributed by atoms with Gasteiger partial charge in [0, 0.05) is 11.8 Å². The summed E-state index contributed by atoms with van der Waals surface area (Å²) in [5, 5.41) is 2.70.